The molecule has 1 saturated heterocycles. The molecule has 3 amide bonds. The summed E-state index contributed by atoms with van der Waals surface area (Å²) in [6.07, 6.45) is 0.886. The largest absolute Gasteiger partial charge is 0.433 e. The average Bonchev–Trinajstić information content (AvgIpc) is 2.71. The number of anilines is 1. The van der Waals surface area contributed by atoms with Crippen LogP contribution in [-0.2, 0) is 27.2 Å². The molecule has 0 aromatic heterocycles. The molecule has 0 saturated carbocycles. The van der Waals surface area contributed by atoms with E-state index < -0.39 is 24.1 Å². The molecule has 0 spiro atoms. The first kappa shape index (κ1) is 15.3. The van der Waals surface area contributed by atoms with Crippen molar-refractivity contribution in [2.24, 2.45) is 5.73 Å². The van der Waals surface area contributed by atoms with E-state index in [9.17, 15) is 14.4 Å². The third-order valence-electron chi connectivity index (χ3n) is 4.50. The van der Waals surface area contributed by atoms with Gasteiger partial charge in [0.1, 0.15) is 0 Å². The maximum absolute atomic E-state index is 12.1. The van der Waals surface area contributed by atoms with E-state index in [2.05, 4.69) is 0 Å². The number of nitrogens with zero attached hydrogens (tertiary/aromatic N) is 2. The number of nitrogens with two attached hydrogens (primary N) is 1. The second-order valence-electron chi connectivity index (χ2n) is 5.91. The van der Waals surface area contributed by atoms with Gasteiger partial charge in [0, 0.05) is 18.8 Å². The van der Waals surface area contributed by atoms with Gasteiger partial charge in [-0.25, -0.2) is 4.79 Å². The molecule has 2 aliphatic heterocycles. The van der Waals surface area contributed by atoms with Gasteiger partial charge in [-0.05, 0) is 43.0 Å². The number of amides is 3. The van der Waals surface area contributed by atoms with Crippen LogP contribution in [0.2, 0.25) is 0 Å². The van der Waals surface area contributed by atoms with Gasteiger partial charge in [-0.3, -0.25) is 14.5 Å². The van der Waals surface area contributed by atoms with Crippen molar-refractivity contribution in [2.75, 3.05) is 18.0 Å². The number of hydrogen-bond donors (Lipinski definition) is 1. The second-order valence-corrected chi connectivity index (χ2v) is 5.91. The zero-order valence-corrected chi connectivity index (χ0v) is 12.9. The quantitative estimate of drug-likeness (QED) is 0.819. The molecule has 1 aromatic carbocycles. The Kier molecular flexibility index (Phi) is 3.94. The van der Waals surface area contributed by atoms with Crippen molar-refractivity contribution in [1.29, 1.82) is 0 Å². The Morgan fingerprint density at radius 1 is 1.30 bits per heavy atom. The zero-order valence-electron chi connectivity index (χ0n) is 12.9. The predicted molar refractivity (Wildman–Crippen MR) is 82.9 cm³/mol. The predicted octanol–water partition coefficient (Wildman–Crippen LogP) is 0.443. The minimum atomic E-state index is -0.938. The summed E-state index contributed by atoms with van der Waals surface area (Å²) in [5.41, 5.74) is 8.23. The van der Waals surface area contributed by atoms with Crippen molar-refractivity contribution >= 4 is 24.1 Å². The van der Waals surface area contributed by atoms with Crippen molar-refractivity contribution < 1.29 is 19.1 Å². The fourth-order valence-corrected chi connectivity index (χ4v) is 3.19. The lowest BCUT2D eigenvalue weighted by molar-refractivity contribution is -0.125. The minimum absolute atomic E-state index is 0.449. The molecule has 7 nitrogen and oxygen atoms in total. The second kappa shape index (κ2) is 5.91. The number of hydrogen-bond acceptors (Lipinski definition) is 4. The summed E-state index contributed by atoms with van der Waals surface area (Å²) in [5, 5.41) is 0. The first-order chi connectivity index (χ1) is 11.0. The number of fused-ring (bicyclic) bond motifs is 1. The monoisotopic (exact) mass is 317 g/mol. The molecule has 7 heteroatoms. The molecule has 1 fully saturated rings. The normalized spacial score (nSPS) is 24.0. The first-order valence-electron chi connectivity index (χ1n) is 7.61. The van der Waals surface area contributed by atoms with Crippen LogP contribution in [-0.4, -0.2) is 48.5 Å². The van der Waals surface area contributed by atoms with Gasteiger partial charge in [0.25, 0.3) is 5.91 Å². The third kappa shape index (κ3) is 2.74. The minimum Gasteiger partial charge on any atom is -0.433 e. The van der Waals surface area contributed by atoms with Crippen LogP contribution in [0.3, 0.4) is 0 Å². The van der Waals surface area contributed by atoms with Crippen LogP contribution in [0, 0.1) is 0 Å². The molecule has 0 radical (unpaired) electrons. The highest BCUT2D eigenvalue weighted by atomic mass is 16.6. The number of rotatable bonds is 3. The topological polar surface area (TPSA) is 92.9 Å². The molecule has 2 atom stereocenters. The molecule has 2 N–H and O–H groups in total. The highest BCUT2D eigenvalue weighted by Crippen LogP contribution is 2.29. The summed E-state index contributed by atoms with van der Waals surface area (Å²) in [6, 6.07) is 5.30. The molecular formula is C16H19N3O4. The number of carbonyl (C=O) groups excluding carboxylic acids is 3. The van der Waals surface area contributed by atoms with Crippen LogP contribution < -0.4 is 10.6 Å². The Morgan fingerprint density at radius 2 is 2.00 bits per heavy atom. The van der Waals surface area contributed by atoms with E-state index in [1.807, 2.05) is 18.2 Å². The zero-order chi connectivity index (χ0) is 16.6. The van der Waals surface area contributed by atoms with Crippen LogP contribution >= 0.6 is 0 Å². The number of benzene rings is 1. The fraction of sp³-hybridized carbons (Fsp3) is 0.438. The molecule has 2 aliphatic rings. The average molecular weight is 317 g/mol. The Morgan fingerprint density at radius 3 is 2.61 bits per heavy atom. The lowest BCUT2D eigenvalue weighted by Gasteiger charge is -2.21. The van der Waals surface area contributed by atoms with Crippen molar-refractivity contribution in [3.63, 3.8) is 0 Å². The summed E-state index contributed by atoms with van der Waals surface area (Å²) >= 11 is 0. The lowest BCUT2D eigenvalue weighted by atomic mass is 10.0. The fourth-order valence-electron chi connectivity index (χ4n) is 3.19. The summed E-state index contributed by atoms with van der Waals surface area (Å²) in [7, 11) is 0. The van der Waals surface area contributed by atoms with Gasteiger partial charge < -0.3 is 15.4 Å². The standard InChI is InChI=1S/C16H19N3O4/c1-10-14(15(17)21)23-16(22)19(10)13-3-2-11-4-6-18(9-20)7-5-12(11)8-13/h2-3,8-10,14H,4-7H2,1H3,(H2,17,21)/t10?,14-/m1/s1. The molecule has 0 aliphatic carbocycles. The number of primary amides is 1. The van der Waals surface area contributed by atoms with E-state index >= 15 is 0 Å². The maximum Gasteiger partial charge on any atom is 0.415 e. The number of carbonyl (C=O) groups is 3. The Balaban J connectivity index is 1.88. The highest BCUT2D eigenvalue weighted by molar-refractivity contribution is 5.96. The summed E-state index contributed by atoms with van der Waals surface area (Å²) in [4.78, 5) is 37.6. The Hall–Kier alpha value is -2.57. The van der Waals surface area contributed by atoms with Crippen molar-refractivity contribution in [3.05, 3.63) is 29.3 Å². The van der Waals surface area contributed by atoms with E-state index in [-0.39, 0.29) is 0 Å². The number of ether oxygens (including phenoxy) is 1. The van der Waals surface area contributed by atoms with Gasteiger partial charge in [-0.1, -0.05) is 6.07 Å². The van der Waals surface area contributed by atoms with Gasteiger partial charge in [-0.15, -0.1) is 0 Å². The summed E-state index contributed by atoms with van der Waals surface area (Å²) in [6.45, 7) is 3.09. The Bertz CT molecular complexity index is 661. The van der Waals surface area contributed by atoms with E-state index in [0.717, 1.165) is 24.8 Å². The lowest BCUT2D eigenvalue weighted by Crippen LogP contribution is -2.40. The summed E-state index contributed by atoms with van der Waals surface area (Å²) < 4.78 is 5.06. The molecule has 3 rings (SSSR count). The molecular weight excluding hydrogens is 298 g/mol. The van der Waals surface area contributed by atoms with Gasteiger partial charge in [0.15, 0.2) is 0 Å². The molecule has 0 bridgehead atoms. The Labute approximate surface area is 134 Å². The first-order valence-corrected chi connectivity index (χ1v) is 7.61. The molecule has 1 unspecified atom stereocenters. The van der Waals surface area contributed by atoms with Gasteiger partial charge in [-0.2, -0.15) is 0 Å². The third-order valence-corrected chi connectivity index (χ3v) is 4.50. The SMILES string of the molecule is CC1[C@H](C(N)=O)OC(=O)N1c1ccc2c(c1)CCN(C=O)CC2. The van der Waals surface area contributed by atoms with Crippen LogP contribution in [0.1, 0.15) is 18.1 Å². The van der Waals surface area contributed by atoms with Gasteiger partial charge in [0.05, 0.1) is 6.04 Å². The van der Waals surface area contributed by atoms with E-state index in [1.54, 1.807) is 11.8 Å². The molecule has 1 aromatic rings. The summed E-state index contributed by atoms with van der Waals surface area (Å²) in [5.74, 6) is -0.648. The molecule has 122 valence electrons. The van der Waals surface area contributed by atoms with E-state index in [1.165, 1.54) is 10.5 Å². The number of cyclic esters (lactones) is 1. The van der Waals surface area contributed by atoms with Crippen molar-refractivity contribution in [2.45, 2.75) is 31.9 Å². The van der Waals surface area contributed by atoms with Gasteiger partial charge >= 0.3 is 6.09 Å². The maximum atomic E-state index is 12.1. The van der Waals surface area contributed by atoms with Crippen molar-refractivity contribution in [1.82, 2.24) is 4.90 Å². The smallest absolute Gasteiger partial charge is 0.415 e. The molecule has 2 heterocycles. The highest BCUT2D eigenvalue weighted by Gasteiger charge is 2.43. The van der Waals surface area contributed by atoms with Crippen LogP contribution in [0.5, 0.6) is 0 Å². The van der Waals surface area contributed by atoms with Crippen molar-refractivity contribution in [3.8, 4) is 0 Å². The van der Waals surface area contributed by atoms with E-state index in [0.29, 0.717) is 18.8 Å². The van der Waals surface area contributed by atoms with Crippen LogP contribution in [0.4, 0.5) is 10.5 Å². The molecule has 23 heavy (non-hydrogen) atoms. The van der Waals surface area contributed by atoms with Crippen LogP contribution in [0.15, 0.2) is 18.2 Å². The van der Waals surface area contributed by atoms with Gasteiger partial charge in [0.2, 0.25) is 12.5 Å². The van der Waals surface area contributed by atoms with E-state index in [4.69, 9.17) is 10.5 Å². The van der Waals surface area contributed by atoms with Crippen LogP contribution in [0.25, 0.3) is 0 Å².